The molecule has 0 unspecified atom stereocenters. The Kier molecular flexibility index (Phi) is 9.36. The highest BCUT2D eigenvalue weighted by Gasteiger charge is 2.31. The van der Waals surface area contributed by atoms with Gasteiger partial charge in [0.05, 0.1) is 4.91 Å². The van der Waals surface area contributed by atoms with E-state index in [1.54, 1.807) is 16.2 Å². The third kappa shape index (κ3) is 7.21. The number of unbranched alkanes of at least 4 members (excludes halogenated alkanes) is 7. The Labute approximate surface area is 168 Å². The second kappa shape index (κ2) is 11.5. The fourth-order valence-corrected chi connectivity index (χ4v) is 4.83. The third-order valence-corrected chi connectivity index (χ3v) is 6.40. The van der Waals surface area contributed by atoms with Gasteiger partial charge in [-0.15, -0.1) is 11.3 Å². The van der Waals surface area contributed by atoms with Crippen molar-refractivity contribution in [2.24, 2.45) is 0 Å². The summed E-state index contributed by atoms with van der Waals surface area (Å²) in [7, 11) is 0. The minimum atomic E-state index is -0.953. The molecule has 1 amide bonds. The van der Waals surface area contributed by atoms with Crippen molar-refractivity contribution in [1.82, 2.24) is 4.90 Å². The second-order valence-electron chi connectivity index (χ2n) is 6.30. The zero-order valence-electron chi connectivity index (χ0n) is 14.8. The normalized spacial score (nSPS) is 16.0. The van der Waals surface area contributed by atoms with Gasteiger partial charge >= 0.3 is 0 Å². The number of carbonyl (C=O) groups is 2. The molecule has 1 aromatic rings. The number of rotatable bonds is 12. The SMILES string of the molecule is O=C([O-])CCCCCCCCCCN1C(=O)/C(=C/c2cccs2)SC1=S. The summed E-state index contributed by atoms with van der Waals surface area (Å²) in [6.45, 7) is 0.693. The minimum absolute atomic E-state index is 0.0290. The molecule has 0 spiro atoms. The second-order valence-corrected chi connectivity index (χ2v) is 8.95. The molecule has 142 valence electrons. The highest BCUT2D eigenvalue weighted by atomic mass is 32.2. The monoisotopic (exact) mass is 410 g/mol. The molecular formula is C19H24NO3S3-. The lowest BCUT2D eigenvalue weighted by Gasteiger charge is -2.14. The molecule has 0 aromatic carbocycles. The van der Waals surface area contributed by atoms with Gasteiger partial charge in [-0.2, -0.15) is 0 Å². The average molecular weight is 411 g/mol. The number of aliphatic carboxylic acids is 1. The van der Waals surface area contributed by atoms with E-state index in [1.165, 1.54) is 11.8 Å². The average Bonchev–Trinajstić information content (AvgIpc) is 3.19. The number of carboxylic acids is 1. The standard InChI is InChI=1S/C19H25NO3S3/c21-17(22)11-7-5-3-1-2-4-6-8-12-20-18(23)16(26-19(20)24)14-15-10-9-13-25-15/h9-10,13-14H,1-8,11-12H2,(H,21,22)/p-1/b16-14-. The maximum atomic E-state index is 12.5. The van der Waals surface area contributed by atoms with Crippen molar-refractivity contribution in [2.45, 2.75) is 57.8 Å². The van der Waals surface area contributed by atoms with Gasteiger partial charge in [0.2, 0.25) is 0 Å². The molecule has 2 heterocycles. The van der Waals surface area contributed by atoms with E-state index in [9.17, 15) is 14.7 Å². The lowest BCUT2D eigenvalue weighted by atomic mass is 10.1. The Morgan fingerprint density at radius 3 is 2.38 bits per heavy atom. The van der Waals surface area contributed by atoms with Gasteiger partial charge in [0.1, 0.15) is 4.32 Å². The molecule has 1 aliphatic rings. The molecule has 0 N–H and O–H groups in total. The predicted octanol–water partition coefficient (Wildman–Crippen LogP) is 4.21. The van der Waals surface area contributed by atoms with Crippen LogP contribution < -0.4 is 5.11 Å². The Hall–Kier alpha value is -1.18. The number of carbonyl (C=O) groups excluding carboxylic acids is 2. The number of carboxylic acid groups (broad SMARTS) is 1. The first-order valence-corrected chi connectivity index (χ1v) is 11.2. The number of hydrogen-bond donors (Lipinski definition) is 0. The maximum absolute atomic E-state index is 12.5. The van der Waals surface area contributed by atoms with E-state index >= 15 is 0 Å². The van der Waals surface area contributed by atoms with Gasteiger partial charge in [-0.05, 0) is 36.8 Å². The Bertz CT molecular complexity index is 640. The number of thiocarbonyl (C=S) groups is 1. The van der Waals surface area contributed by atoms with Crippen molar-refractivity contribution < 1.29 is 14.7 Å². The molecule has 4 nitrogen and oxygen atoms in total. The van der Waals surface area contributed by atoms with E-state index < -0.39 is 5.97 Å². The van der Waals surface area contributed by atoms with Crippen LogP contribution in [-0.4, -0.2) is 27.6 Å². The van der Waals surface area contributed by atoms with Gasteiger partial charge in [-0.1, -0.05) is 68.6 Å². The number of nitrogens with zero attached hydrogens (tertiary/aromatic N) is 1. The topological polar surface area (TPSA) is 60.4 Å². The first-order valence-electron chi connectivity index (χ1n) is 9.06. The van der Waals surface area contributed by atoms with Crippen LogP contribution in [0.25, 0.3) is 6.08 Å². The Morgan fingerprint density at radius 2 is 1.77 bits per heavy atom. The summed E-state index contributed by atoms with van der Waals surface area (Å²) >= 11 is 8.36. The Balaban J connectivity index is 1.57. The molecule has 1 saturated heterocycles. The summed E-state index contributed by atoms with van der Waals surface area (Å²) in [5, 5.41) is 12.3. The van der Waals surface area contributed by atoms with Gasteiger partial charge in [0, 0.05) is 17.4 Å². The lowest BCUT2D eigenvalue weighted by molar-refractivity contribution is -0.305. The van der Waals surface area contributed by atoms with Crippen LogP contribution in [0.3, 0.4) is 0 Å². The molecule has 7 heteroatoms. The van der Waals surface area contributed by atoms with Crippen molar-refractivity contribution in [3.63, 3.8) is 0 Å². The van der Waals surface area contributed by atoms with Crippen molar-refractivity contribution in [2.75, 3.05) is 6.54 Å². The molecule has 0 radical (unpaired) electrons. The number of thiophene rings is 1. The fourth-order valence-electron chi connectivity index (χ4n) is 2.80. The zero-order chi connectivity index (χ0) is 18.8. The minimum Gasteiger partial charge on any atom is -0.550 e. The van der Waals surface area contributed by atoms with E-state index in [1.807, 2.05) is 23.6 Å². The van der Waals surface area contributed by atoms with E-state index in [0.717, 1.165) is 56.2 Å². The summed E-state index contributed by atoms with van der Waals surface area (Å²) in [6, 6.07) is 3.97. The predicted molar refractivity (Wildman–Crippen MR) is 111 cm³/mol. The van der Waals surface area contributed by atoms with Gasteiger partial charge in [0.15, 0.2) is 0 Å². The summed E-state index contributed by atoms with van der Waals surface area (Å²) < 4.78 is 0.658. The number of amides is 1. The van der Waals surface area contributed by atoms with Crippen LogP contribution in [0.4, 0.5) is 0 Å². The van der Waals surface area contributed by atoms with Crippen LogP contribution in [0.5, 0.6) is 0 Å². The van der Waals surface area contributed by atoms with Crippen LogP contribution in [-0.2, 0) is 9.59 Å². The van der Waals surface area contributed by atoms with Crippen LogP contribution in [0.15, 0.2) is 22.4 Å². The molecule has 1 aromatic heterocycles. The quantitative estimate of drug-likeness (QED) is 0.293. The van der Waals surface area contributed by atoms with Crippen LogP contribution >= 0.6 is 35.3 Å². The molecule has 1 fully saturated rings. The molecule has 0 aliphatic carbocycles. The largest absolute Gasteiger partial charge is 0.550 e. The van der Waals surface area contributed by atoms with Crippen molar-refractivity contribution in [3.8, 4) is 0 Å². The van der Waals surface area contributed by atoms with Crippen molar-refractivity contribution in [1.29, 1.82) is 0 Å². The lowest BCUT2D eigenvalue weighted by Crippen LogP contribution is -2.28. The van der Waals surface area contributed by atoms with E-state index in [2.05, 4.69) is 0 Å². The number of hydrogen-bond acceptors (Lipinski definition) is 6. The summed E-state index contributed by atoms with van der Waals surface area (Å²) in [4.78, 5) is 26.3. The molecule has 0 saturated carbocycles. The highest BCUT2D eigenvalue weighted by Crippen LogP contribution is 2.33. The summed E-state index contributed by atoms with van der Waals surface area (Å²) in [6.07, 6.45) is 10.3. The Morgan fingerprint density at radius 1 is 1.12 bits per heavy atom. The van der Waals surface area contributed by atoms with Crippen LogP contribution in [0, 0.1) is 0 Å². The molecule has 2 rings (SSSR count). The van der Waals surface area contributed by atoms with E-state index in [4.69, 9.17) is 12.2 Å². The first kappa shape index (κ1) is 21.1. The third-order valence-electron chi connectivity index (χ3n) is 4.20. The molecule has 0 atom stereocenters. The van der Waals surface area contributed by atoms with E-state index in [-0.39, 0.29) is 12.3 Å². The number of thioether (sulfide) groups is 1. The smallest absolute Gasteiger partial charge is 0.266 e. The van der Waals surface area contributed by atoms with Gasteiger partial charge in [0.25, 0.3) is 5.91 Å². The fraction of sp³-hybridized carbons (Fsp3) is 0.526. The molecule has 0 bridgehead atoms. The first-order chi connectivity index (χ1) is 12.6. The summed E-state index contributed by atoms with van der Waals surface area (Å²) in [5.74, 6) is -0.924. The van der Waals surface area contributed by atoms with Gasteiger partial charge < -0.3 is 9.90 Å². The van der Waals surface area contributed by atoms with Gasteiger partial charge in [-0.25, -0.2) is 0 Å². The van der Waals surface area contributed by atoms with Crippen LogP contribution in [0.1, 0.15) is 62.7 Å². The summed E-state index contributed by atoms with van der Waals surface area (Å²) in [5.41, 5.74) is 0. The van der Waals surface area contributed by atoms with E-state index in [0.29, 0.717) is 15.8 Å². The molecule has 1 aliphatic heterocycles. The van der Waals surface area contributed by atoms with Gasteiger partial charge in [-0.3, -0.25) is 9.69 Å². The zero-order valence-corrected chi connectivity index (χ0v) is 17.2. The molecular weight excluding hydrogens is 386 g/mol. The van der Waals surface area contributed by atoms with Crippen molar-refractivity contribution in [3.05, 3.63) is 27.3 Å². The highest BCUT2D eigenvalue weighted by molar-refractivity contribution is 8.26. The van der Waals surface area contributed by atoms with Crippen molar-refractivity contribution >= 4 is 57.6 Å². The molecule has 26 heavy (non-hydrogen) atoms. The van der Waals surface area contributed by atoms with Crippen LogP contribution in [0.2, 0.25) is 0 Å². The maximum Gasteiger partial charge on any atom is 0.266 e.